The van der Waals surface area contributed by atoms with E-state index in [-0.39, 0.29) is 0 Å². The number of carbonyl (C=O) groups excluding carboxylic acids is 1. The number of nitrogens with two attached hydrogens (primary N) is 2. The normalized spacial score (nSPS) is 10.8. The van der Waals surface area contributed by atoms with E-state index in [1.807, 2.05) is 36.4 Å². The summed E-state index contributed by atoms with van der Waals surface area (Å²) >= 11 is 0. The van der Waals surface area contributed by atoms with Crippen molar-refractivity contribution >= 4 is 16.7 Å². The van der Waals surface area contributed by atoms with E-state index >= 15 is 0 Å². The highest BCUT2D eigenvalue weighted by Crippen LogP contribution is 2.22. The average Bonchev–Trinajstić information content (AvgIpc) is 2.42. The lowest BCUT2D eigenvalue weighted by Gasteiger charge is -2.11. The molecule has 4 N–H and O–H groups in total. The van der Waals surface area contributed by atoms with Gasteiger partial charge >= 0.3 is 0 Å². The van der Waals surface area contributed by atoms with Crippen molar-refractivity contribution in [1.82, 2.24) is 0 Å². The Balaban J connectivity index is 2.32. The minimum absolute atomic E-state index is 0.378. The first kappa shape index (κ1) is 13.5. The first-order chi connectivity index (χ1) is 9.24. The Hall–Kier alpha value is -1.91. The van der Waals surface area contributed by atoms with Crippen LogP contribution in [0.4, 0.5) is 0 Å². The van der Waals surface area contributed by atoms with Gasteiger partial charge in [0.15, 0.2) is 0 Å². The second-order valence-corrected chi connectivity index (χ2v) is 4.38. The van der Waals surface area contributed by atoms with E-state index in [4.69, 9.17) is 16.2 Å². The van der Waals surface area contributed by atoms with Crippen LogP contribution < -0.4 is 11.5 Å². The Morgan fingerprint density at radius 2 is 1.95 bits per heavy atom. The van der Waals surface area contributed by atoms with Crippen LogP contribution in [0.3, 0.4) is 0 Å². The Kier molecular flexibility index (Phi) is 4.49. The minimum atomic E-state index is -0.422. The third-order valence-electron chi connectivity index (χ3n) is 3.01. The van der Waals surface area contributed by atoms with E-state index in [1.165, 1.54) is 0 Å². The van der Waals surface area contributed by atoms with Gasteiger partial charge in [-0.25, -0.2) is 0 Å². The second kappa shape index (κ2) is 6.31. The van der Waals surface area contributed by atoms with Crippen molar-refractivity contribution in [3.8, 4) is 0 Å². The van der Waals surface area contributed by atoms with Crippen LogP contribution in [0.15, 0.2) is 36.4 Å². The van der Waals surface area contributed by atoms with Gasteiger partial charge in [0.1, 0.15) is 0 Å². The van der Waals surface area contributed by atoms with Gasteiger partial charge in [0.2, 0.25) is 5.91 Å². The van der Waals surface area contributed by atoms with Crippen molar-refractivity contribution in [2.24, 2.45) is 11.5 Å². The number of fused-ring (bicyclic) bond motifs is 1. The second-order valence-electron chi connectivity index (χ2n) is 4.38. The van der Waals surface area contributed by atoms with Crippen LogP contribution in [0.5, 0.6) is 0 Å². The van der Waals surface area contributed by atoms with Gasteiger partial charge in [-0.2, -0.15) is 0 Å². The molecule has 0 bridgehead atoms. The molecule has 1 amide bonds. The lowest BCUT2D eigenvalue weighted by atomic mass is 9.99. The van der Waals surface area contributed by atoms with Gasteiger partial charge < -0.3 is 16.2 Å². The SMILES string of the molecule is NCCCOCc1ccc2ccccc2c1C(N)=O. The summed E-state index contributed by atoms with van der Waals surface area (Å²) in [6.07, 6.45) is 0.805. The van der Waals surface area contributed by atoms with Gasteiger partial charge in [-0.1, -0.05) is 36.4 Å². The van der Waals surface area contributed by atoms with Crippen LogP contribution in [-0.2, 0) is 11.3 Å². The van der Waals surface area contributed by atoms with Crippen molar-refractivity contribution in [3.05, 3.63) is 47.5 Å². The molecule has 0 saturated carbocycles. The number of rotatable bonds is 6. The minimum Gasteiger partial charge on any atom is -0.377 e. The number of carbonyl (C=O) groups is 1. The van der Waals surface area contributed by atoms with Gasteiger partial charge in [0, 0.05) is 6.61 Å². The van der Waals surface area contributed by atoms with Crippen molar-refractivity contribution in [1.29, 1.82) is 0 Å². The summed E-state index contributed by atoms with van der Waals surface area (Å²) in [7, 11) is 0. The lowest BCUT2D eigenvalue weighted by Crippen LogP contribution is -2.15. The zero-order valence-corrected chi connectivity index (χ0v) is 10.8. The van der Waals surface area contributed by atoms with Gasteiger partial charge in [0.05, 0.1) is 12.2 Å². The zero-order valence-electron chi connectivity index (χ0n) is 10.8. The maximum atomic E-state index is 11.7. The average molecular weight is 258 g/mol. The van der Waals surface area contributed by atoms with Crippen LogP contribution >= 0.6 is 0 Å². The summed E-state index contributed by atoms with van der Waals surface area (Å²) < 4.78 is 5.51. The monoisotopic (exact) mass is 258 g/mol. The molecule has 0 aromatic heterocycles. The van der Waals surface area contributed by atoms with E-state index in [0.29, 0.717) is 25.3 Å². The Labute approximate surface area is 112 Å². The molecular weight excluding hydrogens is 240 g/mol. The van der Waals surface area contributed by atoms with Crippen molar-refractivity contribution in [2.75, 3.05) is 13.2 Å². The van der Waals surface area contributed by atoms with Crippen LogP contribution in [0.2, 0.25) is 0 Å². The number of ether oxygens (including phenoxy) is 1. The van der Waals surface area contributed by atoms with Crippen LogP contribution in [-0.4, -0.2) is 19.1 Å². The molecule has 4 nitrogen and oxygen atoms in total. The van der Waals surface area contributed by atoms with Gasteiger partial charge in [-0.05, 0) is 29.3 Å². The van der Waals surface area contributed by atoms with E-state index in [0.717, 1.165) is 22.8 Å². The maximum Gasteiger partial charge on any atom is 0.249 e. The molecule has 4 heteroatoms. The molecular formula is C15H18N2O2. The molecule has 0 radical (unpaired) electrons. The maximum absolute atomic E-state index is 11.7. The fourth-order valence-electron chi connectivity index (χ4n) is 2.10. The summed E-state index contributed by atoms with van der Waals surface area (Å²) in [5.74, 6) is -0.422. The Morgan fingerprint density at radius 1 is 1.16 bits per heavy atom. The molecule has 2 aromatic carbocycles. The highest BCUT2D eigenvalue weighted by Gasteiger charge is 2.12. The topological polar surface area (TPSA) is 78.3 Å². The van der Waals surface area contributed by atoms with Crippen molar-refractivity contribution in [2.45, 2.75) is 13.0 Å². The highest BCUT2D eigenvalue weighted by molar-refractivity contribution is 6.07. The Bertz CT molecular complexity index is 581. The fraction of sp³-hybridized carbons (Fsp3) is 0.267. The molecule has 2 rings (SSSR count). The van der Waals surface area contributed by atoms with E-state index in [2.05, 4.69) is 0 Å². The van der Waals surface area contributed by atoms with Crippen LogP contribution in [0.1, 0.15) is 22.3 Å². The molecule has 0 atom stereocenters. The molecule has 0 heterocycles. The van der Waals surface area contributed by atoms with Crippen LogP contribution in [0, 0.1) is 0 Å². The molecule has 0 unspecified atom stereocenters. The first-order valence-electron chi connectivity index (χ1n) is 6.32. The molecule has 0 spiro atoms. The smallest absolute Gasteiger partial charge is 0.249 e. The van der Waals surface area contributed by atoms with Crippen molar-refractivity contribution in [3.63, 3.8) is 0 Å². The molecule has 0 aliphatic carbocycles. The number of hydrogen-bond acceptors (Lipinski definition) is 3. The van der Waals surface area contributed by atoms with E-state index in [1.54, 1.807) is 0 Å². The van der Waals surface area contributed by atoms with Gasteiger partial charge in [-0.15, -0.1) is 0 Å². The van der Waals surface area contributed by atoms with Crippen LogP contribution in [0.25, 0.3) is 10.8 Å². The molecule has 0 fully saturated rings. The summed E-state index contributed by atoms with van der Waals surface area (Å²) in [5, 5.41) is 1.87. The number of benzene rings is 2. The van der Waals surface area contributed by atoms with Crippen molar-refractivity contribution < 1.29 is 9.53 Å². The van der Waals surface area contributed by atoms with E-state index < -0.39 is 5.91 Å². The summed E-state index contributed by atoms with van der Waals surface area (Å²) in [6.45, 7) is 1.56. The molecule has 0 aliphatic heterocycles. The molecule has 2 aromatic rings. The summed E-state index contributed by atoms with van der Waals surface area (Å²) in [6, 6.07) is 11.6. The number of hydrogen-bond donors (Lipinski definition) is 2. The standard InChI is InChI=1S/C15H18N2O2/c16-8-3-9-19-10-12-7-6-11-4-1-2-5-13(11)14(12)15(17)18/h1-2,4-7H,3,8-10,16H2,(H2,17,18). The zero-order chi connectivity index (χ0) is 13.7. The number of amides is 1. The quantitative estimate of drug-likeness (QED) is 0.775. The molecule has 19 heavy (non-hydrogen) atoms. The van der Waals surface area contributed by atoms with E-state index in [9.17, 15) is 4.79 Å². The third-order valence-corrected chi connectivity index (χ3v) is 3.01. The predicted octanol–water partition coefficient (Wildman–Crippen LogP) is 1.80. The summed E-state index contributed by atoms with van der Waals surface area (Å²) in [4.78, 5) is 11.7. The molecule has 0 saturated heterocycles. The predicted molar refractivity (Wildman–Crippen MR) is 75.8 cm³/mol. The number of primary amides is 1. The fourth-order valence-corrected chi connectivity index (χ4v) is 2.10. The summed E-state index contributed by atoms with van der Waals surface area (Å²) in [5.41, 5.74) is 12.3. The largest absolute Gasteiger partial charge is 0.377 e. The first-order valence-corrected chi connectivity index (χ1v) is 6.32. The lowest BCUT2D eigenvalue weighted by molar-refractivity contribution is 0.0985. The highest BCUT2D eigenvalue weighted by atomic mass is 16.5. The third kappa shape index (κ3) is 3.10. The molecule has 0 aliphatic rings. The van der Waals surface area contributed by atoms with Gasteiger partial charge in [-0.3, -0.25) is 4.79 Å². The van der Waals surface area contributed by atoms with Gasteiger partial charge in [0.25, 0.3) is 0 Å². The molecule has 100 valence electrons. The Morgan fingerprint density at radius 3 is 2.68 bits per heavy atom.